The molecule has 2 rings (SSSR count). The van der Waals surface area contributed by atoms with Gasteiger partial charge in [-0.1, -0.05) is 0 Å². The highest BCUT2D eigenvalue weighted by molar-refractivity contribution is 5.94. The van der Waals surface area contributed by atoms with Gasteiger partial charge in [-0.3, -0.25) is 19.4 Å². The molecule has 0 radical (unpaired) electrons. The summed E-state index contributed by atoms with van der Waals surface area (Å²) in [6.45, 7) is 8.30. The summed E-state index contributed by atoms with van der Waals surface area (Å²) < 4.78 is 10.5. The number of carbonyl (C=O) groups is 2. The number of methoxy groups -OCH3 is 2. The smallest absolute Gasteiger partial charge is 0.241 e. The van der Waals surface area contributed by atoms with E-state index in [1.54, 1.807) is 32.4 Å². The van der Waals surface area contributed by atoms with Gasteiger partial charge in [0.15, 0.2) is 11.5 Å². The van der Waals surface area contributed by atoms with Gasteiger partial charge in [0.25, 0.3) is 0 Å². The van der Waals surface area contributed by atoms with Crippen molar-refractivity contribution in [1.29, 1.82) is 0 Å². The zero-order valence-electron chi connectivity index (χ0n) is 16.7. The van der Waals surface area contributed by atoms with Crippen molar-refractivity contribution in [1.82, 2.24) is 9.80 Å². The number of hydrogen-bond acceptors (Lipinski definition) is 6. The molecular formula is C19H30N4O4. The molecule has 8 nitrogen and oxygen atoms in total. The number of ether oxygens (including phenoxy) is 2. The van der Waals surface area contributed by atoms with Gasteiger partial charge in [-0.05, 0) is 32.9 Å². The van der Waals surface area contributed by atoms with E-state index >= 15 is 0 Å². The monoisotopic (exact) mass is 378 g/mol. The van der Waals surface area contributed by atoms with E-state index < -0.39 is 5.54 Å². The number of nitrogens with one attached hydrogen (secondary N) is 1. The van der Waals surface area contributed by atoms with Crippen LogP contribution in [0.2, 0.25) is 0 Å². The van der Waals surface area contributed by atoms with Crippen LogP contribution in [0.5, 0.6) is 11.5 Å². The zero-order chi connectivity index (χ0) is 20.2. The van der Waals surface area contributed by atoms with Gasteiger partial charge in [0.2, 0.25) is 11.8 Å². The Kier molecular flexibility index (Phi) is 6.67. The molecule has 1 atom stereocenters. The van der Waals surface area contributed by atoms with Gasteiger partial charge in [-0.2, -0.15) is 0 Å². The molecule has 8 heteroatoms. The molecule has 0 spiro atoms. The molecule has 0 aliphatic carbocycles. The highest BCUT2D eigenvalue weighted by Gasteiger charge is 2.36. The first-order valence-electron chi connectivity index (χ1n) is 9.02. The van der Waals surface area contributed by atoms with Crippen molar-refractivity contribution < 1.29 is 19.1 Å². The minimum absolute atomic E-state index is 0.0927. The van der Waals surface area contributed by atoms with Crippen molar-refractivity contribution in [2.24, 2.45) is 5.73 Å². The fraction of sp³-hybridized carbons (Fsp3) is 0.579. The summed E-state index contributed by atoms with van der Waals surface area (Å²) in [4.78, 5) is 28.4. The molecule has 0 bridgehead atoms. The molecule has 1 aromatic rings. The largest absolute Gasteiger partial charge is 0.493 e. The third-order valence-electron chi connectivity index (χ3n) is 5.29. The van der Waals surface area contributed by atoms with E-state index in [4.69, 9.17) is 15.2 Å². The molecule has 0 aromatic heterocycles. The van der Waals surface area contributed by atoms with Crippen LogP contribution in [0.3, 0.4) is 0 Å². The first-order chi connectivity index (χ1) is 12.7. The van der Waals surface area contributed by atoms with Crippen molar-refractivity contribution in [3.63, 3.8) is 0 Å². The lowest BCUT2D eigenvalue weighted by Crippen LogP contribution is -2.61. The lowest BCUT2D eigenvalue weighted by atomic mass is 10.0. The Labute approximate surface area is 160 Å². The average molecular weight is 378 g/mol. The lowest BCUT2D eigenvalue weighted by molar-refractivity contribution is -0.131. The van der Waals surface area contributed by atoms with Crippen LogP contribution in [-0.2, 0) is 9.59 Å². The van der Waals surface area contributed by atoms with Crippen LogP contribution in [0.15, 0.2) is 18.2 Å². The summed E-state index contributed by atoms with van der Waals surface area (Å²) in [5.74, 6) is 0.738. The minimum atomic E-state index is -0.683. The number of anilines is 1. The molecule has 1 saturated heterocycles. The Bertz CT molecular complexity index is 684. The normalized spacial score (nSPS) is 17.2. The maximum Gasteiger partial charge on any atom is 0.241 e. The predicted octanol–water partition coefficient (Wildman–Crippen LogP) is 0.912. The summed E-state index contributed by atoms with van der Waals surface area (Å²) in [6, 6.07) is 4.97. The molecular weight excluding hydrogens is 348 g/mol. The molecule has 1 fully saturated rings. The van der Waals surface area contributed by atoms with E-state index in [1.807, 2.05) is 20.8 Å². The van der Waals surface area contributed by atoms with Crippen LogP contribution in [0.1, 0.15) is 20.8 Å². The van der Waals surface area contributed by atoms with E-state index in [2.05, 4.69) is 15.1 Å². The van der Waals surface area contributed by atoms with E-state index in [-0.39, 0.29) is 17.9 Å². The van der Waals surface area contributed by atoms with Crippen molar-refractivity contribution in [2.75, 3.05) is 45.7 Å². The molecule has 3 N–H and O–H groups in total. The Morgan fingerprint density at radius 1 is 1.11 bits per heavy atom. The summed E-state index contributed by atoms with van der Waals surface area (Å²) in [6.07, 6.45) is 0. The Hall–Kier alpha value is -2.32. The number of piperazine rings is 1. The molecule has 1 aliphatic rings. The molecule has 0 saturated carbocycles. The van der Waals surface area contributed by atoms with Crippen LogP contribution in [0, 0.1) is 0 Å². The molecule has 1 aromatic carbocycles. The van der Waals surface area contributed by atoms with E-state index in [0.29, 0.717) is 43.4 Å². The topological polar surface area (TPSA) is 97.1 Å². The second kappa shape index (κ2) is 8.58. The fourth-order valence-corrected chi connectivity index (χ4v) is 3.15. The van der Waals surface area contributed by atoms with Crippen LogP contribution >= 0.6 is 0 Å². The molecule has 0 unspecified atom stereocenters. The Morgan fingerprint density at radius 2 is 1.70 bits per heavy atom. The van der Waals surface area contributed by atoms with Crippen LogP contribution < -0.4 is 20.5 Å². The average Bonchev–Trinajstić information content (AvgIpc) is 2.67. The van der Waals surface area contributed by atoms with Gasteiger partial charge in [0, 0.05) is 37.9 Å². The number of carbonyl (C=O) groups excluding carboxylic acids is 2. The minimum Gasteiger partial charge on any atom is -0.493 e. The van der Waals surface area contributed by atoms with Gasteiger partial charge in [0.05, 0.1) is 25.8 Å². The third-order valence-corrected chi connectivity index (χ3v) is 5.29. The molecule has 1 heterocycles. The van der Waals surface area contributed by atoms with Crippen molar-refractivity contribution >= 4 is 17.5 Å². The quantitative estimate of drug-likeness (QED) is 0.732. The summed E-state index contributed by atoms with van der Waals surface area (Å²) in [5.41, 5.74) is 5.46. The molecule has 27 heavy (non-hydrogen) atoms. The van der Waals surface area contributed by atoms with Gasteiger partial charge in [-0.15, -0.1) is 0 Å². The second-order valence-electron chi connectivity index (χ2n) is 7.18. The maximum atomic E-state index is 12.6. The number of benzene rings is 1. The fourth-order valence-electron chi connectivity index (χ4n) is 3.15. The second-order valence-corrected chi connectivity index (χ2v) is 7.18. The molecule has 150 valence electrons. The van der Waals surface area contributed by atoms with Crippen molar-refractivity contribution in [3.8, 4) is 11.5 Å². The summed E-state index contributed by atoms with van der Waals surface area (Å²) >= 11 is 0. The first-order valence-corrected chi connectivity index (χ1v) is 9.02. The number of nitrogens with zero attached hydrogens (tertiary/aromatic N) is 2. The van der Waals surface area contributed by atoms with Crippen molar-refractivity contribution in [2.45, 2.75) is 32.4 Å². The zero-order valence-corrected chi connectivity index (χ0v) is 16.7. The summed E-state index contributed by atoms with van der Waals surface area (Å²) in [5, 5.41) is 2.92. The van der Waals surface area contributed by atoms with Crippen molar-refractivity contribution in [3.05, 3.63) is 18.2 Å². The molecule has 2 amide bonds. The number of nitrogens with two attached hydrogens (primary N) is 1. The summed E-state index contributed by atoms with van der Waals surface area (Å²) in [7, 11) is 3.12. The van der Waals surface area contributed by atoms with Crippen LogP contribution in [-0.4, -0.2) is 73.6 Å². The van der Waals surface area contributed by atoms with Gasteiger partial charge < -0.3 is 20.5 Å². The lowest BCUT2D eigenvalue weighted by Gasteiger charge is -2.43. The van der Waals surface area contributed by atoms with E-state index in [0.717, 1.165) is 0 Å². The molecule has 1 aliphatic heterocycles. The van der Waals surface area contributed by atoms with E-state index in [9.17, 15) is 9.59 Å². The standard InChI is InChI=1S/C19H30N4O4/c1-13(22-8-10-23(11-9-22)19(2,3)18(20)25)17(24)21-14-6-7-15(26-4)16(12-14)27-5/h6-7,12-13H,8-11H2,1-5H3,(H2,20,25)(H,21,24)/t13-/m0/s1. The number of amides is 2. The number of rotatable bonds is 7. The van der Waals surface area contributed by atoms with E-state index in [1.165, 1.54) is 0 Å². The Balaban J connectivity index is 1.96. The van der Waals surface area contributed by atoms with Gasteiger partial charge in [-0.25, -0.2) is 0 Å². The first kappa shape index (κ1) is 21.0. The van der Waals surface area contributed by atoms with Crippen LogP contribution in [0.25, 0.3) is 0 Å². The van der Waals surface area contributed by atoms with Crippen LogP contribution in [0.4, 0.5) is 5.69 Å². The SMILES string of the molecule is COc1ccc(NC(=O)[C@H](C)N2CCN(C(C)(C)C(N)=O)CC2)cc1OC. The van der Waals surface area contributed by atoms with Gasteiger partial charge >= 0.3 is 0 Å². The predicted molar refractivity (Wildman–Crippen MR) is 104 cm³/mol. The highest BCUT2D eigenvalue weighted by atomic mass is 16.5. The number of hydrogen-bond donors (Lipinski definition) is 2. The highest BCUT2D eigenvalue weighted by Crippen LogP contribution is 2.30. The maximum absolute atomic E-state index is 12.6. The van der Waals surface area contributed by atoms with Gasteiger partial charge in [0.1, 0.15) is 0 Å². The third kappa shape index (κ3) is 4.70. The Morgan fingerprint density at radius 3 is 2.22 bits per heavy atom. The number of primary amides is 1.